The molecule has 0 saturated heterocycles. The molecule has 3 N–H and O–H groups in total. The summed E-state index contributed by atoms with van der Waals surface area (Å²) < 4.78 is 0. The summed E-state index contributed by atoms with van der Waals surface area (Å²) in [5.41, 5.74) is 7.36. The molecule has 29 heavy (non-hydrogen) atoms. The number of benzene rings is 2. The zero-order chi connectivity index (χ0) is 21.2. The molecule has 0 unspecified atom stereocenters. The van der Waals surface area contributed by atoms with Gasteiger partial charge in [-0.05, 0) is 25.0 Å². The molecule has 0 saturated carbocycles. The lowest BCUT2D eigenvalue weighted by Gasteiger charge is -2.15. The standard InChI is InChI=1S/C21H23N5O3/c1-14(17-10-6-4-7-11-17)23-25-20(28)19(22-16(3)27)21(29)26-24-15(2)18-12-8-5-9-13-18/h4-13,19H,1-3H3,(H,22,27)(H,25,28)(H,26,29). The summed E-state index contributed by atoms with van der Waals surface area (Å²) in [7, 11) is 0. The largest absolute Gasteiger partial charge is 0.337 e. The molecule has 0 aromatic heterocycles. The minimum Gasteiger partial charge on any atom is -0.337 e. The molecule has 2 aromatic rings. The van der Waals surface area contributed by atoms with Gasteiger partial charge < -0.3 is 5.32 Å². The van der Waals surface area contributed by atoms with Gasteiger partial charge in [-0.25, -0.2) is 10.9 Å². The van der Waals surface area contributed by atoms with Crippen LogP contribution in [-0.4, -0.2) is 35.2 Å². The second-order valence-corrected chi connectivity index (χ2v) is 6.21. The minimum absolute atomic E-state index is 0.534. The van der Waals surface area contributed by atoms with Gasteiger partial charge in [-0.2, -0.15) is 10.2 Å². The van der Waals surface area contributed by atoms with Gasteiger partial charge >= 0.3 is 0 Å². The van der Waals surface area contributed by atoms with E-state index >= 15 is 0 Å². The third kappa shape index (κ3) is 6.69. The number of nitrogens with zero attached hydrogens (tertiary/aromatic N) is 2. The number of hydrogen-bond donors (Lipinski definition) is 3. The van der Waals surface area contributed by atoms with Crippen molar-refractivity contribution in [1.82, 2.24) is 16.2 Å². The van der Waals surface area contributed by atoms with Gasteiger partial charge in [-0.3, -0.25) is 14.4 Å². The lowest BCUT2D eigenvalue weighted by molar-refractivity contribution is -0.136. The van der Waals surface area contributed by atoms with Crippen LogP contribution in [0.4, 0.5) is 0 Å². The summed E-state index contributed by atoms with van der Waals surface area (Å²) >= 11 is 0. The molecule has 0 heterocycles. The maximum absolute atomic E-state index is 12.4. The van der Waals surface area contributed by atoms with E-state index in [1.807, 2.05) is 60.7 Å². The number of rotatable bonds is 7. The molecule has 2 aromatic carbocycles. The second-order valence-electron chi connectivity index (χ2n) is 6.21. The van der Waals surface area contributed by atoms with Crippen LogP contribution in [0.2, 0.25) is 0 Å². The van der Waals surface area contributed by atoms with E-state index in [0.29, 0.717) is 11.4 Å². The van der Waals surface area contributed by atoms with Crippen molar-refractivity contribution in [3.8, 4) is 0 Å². The smallest absolute Gasteiger partial charge is 0.272 e. The van der Waals surface area contributed by atoms with Gasteiger partial charge in [-0.15, -0.1) is 0 Å². The van der Waals surface area contributed by atoms with Gasteiger partial charge in [0.05, 0.1) is 11.4 Å². The van der Waals surface area contributed by atoms with Crippen molar-refractivity contribution in [2.24, 2.45) is 10.2 Å². The first-order valence-electron chi connectivity index (χ1n) is 8.94. The summed E-state index contributed by atoms with van der Waals surface area (Å²) in [6.45, 7) is 4.65. The van der Waals surface area contributed by atoms with Crippen LogP contribution in [0.25, 0.3) is 0 Å². The number of hydrazone groups is 2. The molecule has 8 nitrogen and oxygen atoms in total. The van der Waals surface area contributed by atoms with Crippen LogP contribution in [-0.2, 0) is 14.4 Å². The van der Waals surface area contributed by atoms with Crippen LogP contribution in [0.1, 0.15) is 31.9 Å². The van der Waals surface area contributed by atoms with Crippen molar-refractivity contribution in [2.75, 3.05) is 0 Å². The Bertz CT molecular complexity index is 854. The quantitative estimate of drug-likeness (QED) is 0.377. The van der Waals surface area contributed by atoms with Crippen molar-refractivity contribution >= 4 is 29.1 Å². The van der Waals surface area contributed by atoms with E-state index < -0.39 is 23.8 Å². The number of carbonyl (C=O) groups excluding carboxylic acids is 3. The van der Waals surface area contributed by atoms with Gasteiger partial charge in [0, 0.05) is 6.92 Å². The Morgan fingerprint density at radius 1 is 0.690 bits per heavy atom. The highest BCUT2D eigenvalue weighted by molar-refractivity contribution is 6.08. The molecule has 3 amide bonds. The lowest BCUT2D eigenvalue weighted by Crippen LogP contribution is -2.53. The van der Waals surface area contributed by atoms with Crippen molar-refractivity contribution < 1.29 is 14.4 Å². The predicted octanol–water partition coefficient (Wildman–Crippen LogP) is 1.57. The molecule has 0 aliphatic heterocycles. The molecule has 150 valence electrons. The third-order valence-corrected chi connectivity index (χ3v) is 3.92. The Morgan fingerprint density at radius 3 is 1.41 bits per heavy atom. The van der Waals surface area contributed by atoms with E-state index in [1.54, 1.807) is 13.8 Å². The van der Waals surface area contributed by atoms with Gasteiger partial charge in [0.25, 0.3) is 11.8 Å². The van der Waals surface area contributed by atoms with Gasteiger partial charge in [0.1, 0.15) is 0 Å². The fourth-order valence-corrected chi connectivity index (χ4v) is 2.35. The summed E-state index contributed by atoms with van der Waals surface area (Å²) in [5.74, 6) is -2.09. The summed E-state index contributed by atoms with van der Waals surface area (Å²) in [4.78, 5) is 36.3. The SMILES string of the molecule is CC(=O)NC(C(=O)NN=C(C)c1ccccc1)C(=O)NN=C(C)c1ccccc1. The first kappa shape index (κ1) is 21.5. The van der Waals surface area contributed by atoms with Crippen molar-refractivity contribution in [2.45, 2.75) is 26.8 Å². The van der Waals surface area contributed by atoms with E-state index in [0.717, 1.165) is 11.1 Å². The molecule has 0 aliphatic rings. The second kappa shape index (κ2) is 10.5. The number of hydrogen-bond acceptors (Lipinski definition) is 5. The van der Waals surface area contributed by atoms with E-state index in [9.17, 15) is 14.4 Å². The normalized spacial score (nSPS) is 12.7. The van der Waals surface area contributed by atoms with E-state index in [2.05, 4.69) is 26.4 Å². The molecule has 0 fully saturated rings. The average Bonchev–Trinajstić information content (AvgIpc) is 2.74. The first-order valence-corrected chi connectivity index (χ1v) is 8.94. The zero-order valence-corrected chi connectivity index (χ0v) is 16.5. The summed E-state index contributed by atoms with van der Waals surface area (Å²) in [6.07, 6.45) is 0. The van der Waals surface area contributed by atoms with Gasteiger partial charge in [0.2, 0.25) is 5.91 Å². The molecule has 0 atom stereocenters. The predicted molar refractivity (Wildman–Crippen MR) is 111 cm³/mol. The Balaban J connectivity index is 2.08. The van der Waals surface area contributed by atoms with Gasteiger partial charge in [-0.1, -0.05) is 60.7 Å². The molecule has 0 spiro atoms. The van der Waals surface area contributed by atoms with Crippen molar-refractivity contribution in [3.05, 3.63) is 71.8 Å². The van der Waals surface area contributed by atoms with Crippen LogP contribution in [0, 0.1) is 0 Å². The topological polar surface area (TPSA) is 112 Å². The van der Waals surface area contributed by atoms with Crippen molar-refractivity contribution in [1.29, 1.82) is 0 Å². The molecule has 2 rings (SSSR count). The Hall–Kier alpha value is -3.81. The highest BCUT2D eigenvalue weighted by atomic mass is 16.2. The summed E-state index contributed by atoms with van der Waals surface area (Å²) in [5, 5.41) is 10.3. The Labute approximate surface area is 169 Å². The van der Waals surface area contributed by atoms with Gasteiger partial charge in [0.15, 0.2) is 6.04 Å². The maximum atomic E-state index is 12.4. The maximum Gasteiger partial charge on any atom is 0.272 e. The molecular weight excluding hydrogens is 370 g/mol. The third-order valence-electron chi connectivity index (χ3n) is 3.92. The van der Waals surface area contributed by atoms with Crippen LogP contribution >= 0.6 is 0 Å². The highest BCUT2D eigenvalue weighted by Gasteiger charge is 2.27. The van der Waals surface area contributed by atoms with E-state index in [4.69, 9.17) is 0 Å². The highest BCUT2D eigenvalue weighted by Crippen LogP contribution is 2.01. The number of amides is 3. The van der Waals surface area contributed by atoms with Crippen LogP contribution in [0.3, 0.4) is 0 Å². The van der Waals surface area contributed by atoms with E-state index in [-0.39, 0.29) is 0 Å². The van der Waals surface area contributed by atoms with Crippen molar-refractivity contribution in [3.63, 3.8) is 0 Å². The molecular formula is C21H23N5O3. The van der Waals surface area contributed by atoms with Crippen LogP contribution in [0.5, 0.6) is 0 Å². The van der Waals surface area contributed by atoms with Crippen LogP contribution in [0.15, 0.2) is 70.9 Å². The Morgan fingerprint density at radius 2 is 1.07 bits per heavy atom. The van der Waals surface area contributed by atoms with Crippen LogP contribution < -0.4 is 16.2 Å². The number of carbonyl (C=O) groups is 3. The molecule has 8 heteroatoms. The summed E-state index contributed by atoms with van der Waals surface area (Å²) in [6, 6.07) is 17.0. The molecule has 0 aliphatic carbocycles. The average molecular weight is 393 g/mol. The first-order chi connectivity index (χ1) is 13.9. The Kier molecular flexibility index (Phi) is 7.78. The van der Waals surface area contributed by atoms with E-state index in [1.165, 1.54) is 6.92 Å². The monoisotopic (exact) mass is 393 g/mol. The number of nitrogens with one attached hydrogen (secondary N) is 3. The zero-order valence-electron chi connectivity index (χ0n) is 16.5. The molecule has 0 bridgehead atoms. The fourth-order valence-electron chi connectivity index (χ4n) is 2.35. The molecule has 0 radical (unpaired) electrons. The fraction of sp³-hybridized carbons (Fsp3) is 0.190. The minimum atomic E-state index is -1.48. The lowest BCUT2D eigenvalue weighted by atomic mass is 10.1.